The van der Waals surface area contributed by atoms with E-state index in [1.165, 1.54) is 0 Å². The maximum Gasteiger partial charge on any atom is 0.253 e. The largest absolute Gasteiger partial charge is 0.475 e. The third-order valence-corrected chi connectivity index (χ3v) is 3.37. The standard InChI is InChI=1S/C16H25N3O3/c1-12(2)22-15-5-4-14(10-17-15)16(20)18-13(3)11-19-6-8-21-9-7-19/h4-5,10,12-13H,6-9,11H2,1-3H3,(H,18,20)/t13-/m1/s1. The maximum absolute atomic E-state index is 12.2. The summed E-state index contributed by atoms with van der Waals surface area (Å²) in [5.41, 5.74) is 0.546. The van der Waals surface area contributed by atoms with Gasteiger partial charge in [-0.05, 0) is 26.8 Å². The normalized spacial score (nSPS) is 17.3. The fourth-order valence-electron chi connectivity index (χ4n) is 2.35. The number of nitrogens with one attached hydrogen (secondary N) is 1. The molecule has 0 aromatic carbocycles. The van der Waals surface area contributed by atoms with Crippen molar-refractivity contribution in [2.45, 2.75) is 32.9 Å². The lowest BCUT2D eigenvalue weighted by atomic mass is 10.2. The molecule has 0 radical (unpaired) electrons. The number of ether oxygens (including phenoxy) is 2. The average Bonchev–Trinajstić information content (AvgIpc) is 2.48. The summed E-state index contributed by atoms with van der Waals surface area (Å²) < 4.78 is 10.8. The third kappa shape index (κ3) is 5.27. The second-order valence-electron chi connectivity index (χ2n) is 5.84. The summed E-state index contributed by atoms with van der Waals surface area (Å²) in [6, 6.07) is 3.54. The van der Waals surface area contributed by atoms with E-state index in [1.807, 2.05) is 20.8 Å². The summed E-state index contributed by atoms with van der Waals surface area (Å²) in [4.78, 5) is 18.6. The molecule has 2 rings (SSSR count). The molecule has 0 bridgehead atoms. The number of rotatable bonds is 6. The van der Waals surface area contributed by atoms with Crippen LogP contribution in [-0.4, -0.2) is 60.8 Å². The highest BCUT2D eigenvalue weighted by atomic mass is 16.5. The number of carbonyl (C=O) groups excluding carboxylic acids is 1. The lowest BCUT2D eigenvalue weighted by Gasteiger charge is -2.29. The van der Waals surface area contributed by atoms with E-state index in [0.717, 1.165) is 32.8 Å². The van der Waals surface area contributed by atoms with Gasteiger partial charge in [0.2, 0.25) is 5.88 Å². The van der Waals surface area contributed by atoms with Gasteiger partial charge in [0.15, 0.2) is 0 Å². The monoisotopic (exact) mass is 307 g/mol. The predicted octanol–water partition coefficient (Wildman–Crippen LogP) is 1.32. The highest BCUT2D eigenvalue weighted by Crippen LogP contribution is 2.09. The Morgan fingerprint density at radius 2 is 2.09 bits per heavy atom. The number of hydrogen-bond donors (Lipinski definition) is 1. The van der Waals surface area contributed by atoms with Gasteiger partial charge in [-0.3, -0.25) is 9.69 Å². The molecule has 0 unspecified atom stereocenters. The van der Waals surface area contributed by atoms with Crippen LogP contribution in [0.25, 0.3) is 0 Å². The van der Waals surface area contributed by atoms with Crippen molar-refractivity contribution in [1.29, 1.82) is 0 Å². The Morgan fingerprint density at radius 1 is 1.36 bits per heavy atom. The molecule has 22 heavy (non-hydrogen) atoms. The second kappa shape index (κ2) is 8.10. The molecule has 1 fully saturated rings. The molecule has 1 aromatic rings. The highest BCUT2D eigenvalue weighted by Gasteiger charge is 2.16. The SMILES string of the molecule is CC(C)Oc1ccc(C(=O)N[C@H](C)CN2CCOCC2)cn1. The first kappa shape index (κ1) is 16.7. The van der Waals surface area contributed by atoms with Crippen LogP contribution in [0, 0.1) is 0 Å². The molecule has 6 heteroatoms. The summed E-state index contributed by atoms with van der Waals surface area (Å²) in [5.74, 6) is 0.428. The summed E-state index contributed by atoms with van der Waals surface area (Å²) in [5, 5.41) is 3.00. The van der Waals surface area contributed by atoms with Crippen LogP contribution in [0.5, 0.6) is 5.88 Å². The van der Waals surface area contributed by atoms with E-state index >= 15 is 0 Å². The first-order chi connectivity index (χ1) is 10.5. The van der Waals surface area contributed by atoms with E-state index in [9.17, 15) is 4.79 Å². The third-order valence-electron chi connectivity index (χ3n) is 3.37. The molecule has 1 saturated heterocycles. The molecule has 1 N–H and O–H groups in total. The summed E-state index contributed by atoms with van der Waals surface area (Å²) in [7, 11) is 0. The first-order valence-corrected chi connectivity index (χ1v) is 7.78. The number of hydrogen-bond acceptors (Lipinski definition) is 5. The molecular weight excluding hydrogens is 282 g/mol. The van der Waals surface area contributed by atoms with E-state index in [4.69, 9.17) is 9.47 Å². The minimum atomic E-state index is -0.107. The molecule has 1 amide bonds. The van der Waals surface area contributed by atoms with Gasteiger partial charge in [0, 0.05) is 37.9 Å². The zero-order valence-corrected chi connectivity index (χ0v) is 13.5. The van der Waals surface area contributed by atoms with Gasteiger partial charge in [0.1, 0.15) is 0 Å². The van der Waals surface area contributed by atoms with Gasteiger partial charge >= 0.3 is 0 Å². The van der Waals surface area contributed by atoms with Crippen LogP contribution in [0.15, 0.2) is 18.3 Å². The Hall–Kier alpha value is -1.66. The van der Waals surface area contributed by atoms with Crippen molar-refractivity contribution in [3.8, 4) is 5.88 Å². The Morgan fingerprint density at radius 3 is 2.68 bits per heavy atom. The lowest BCUT2D eigenvalue weighted by molar-refractivity contribution is 0.0342. The molecule has 1 aromatic heterocycles. The van der Waals surface area contributed by atoms with Gasteiger partial charge in [-0.1, -0.05) is 0 Å². The average molecular weight is 307 g/mol. The molecule has 0 saturated carbocycles. The molecule has 122 valence electrons. The van der Waals surface area contributed by atoms with Crippen LogP contribution >= 0.6 is 0 Å². The molecule has 1 atom stereocenters. The van der Waals surface area contributed by atoms with Crippen molar-refractivity contribution in [2.24, 2.45) is 0 Å². The highest BCUT2D eigenvalue weighted by molar-refractivity contribution is 5.94. The smallest absolute Gasteiger partial charge is 0.253 e. The molecule has 0 aliphatic carbocycles. The lowest BCUT2D eigenvalue weighted by Crippen LogP contribution is -2.46. The number of nitrogens with zero attached hydrogens (tertiary/aromatic N) is 2. The zero-order valence-electron chi connectivity index (χ0n) is 13.5. The van der Waals surface area contributed by atoms with Crippen LogP contribution in [0.2, 0.25) is 0 Å². The van der Waals surface area contributed by atoms with Crippen molar-refractivity contribution in [3.63, 3.8) is 0 Å². The molecular formula is C16H25N3O3. The van der Waals surface area contributed by atoms with E-state index in [0.29, 0.717) is 11.4 Å². The molecule has 0 spiro atoms. The van der Waals surface area contributed by atoms with Gasteiger partial charge in [0.25, 0.3) is 5.91 Å². The van der Waals surface area contributed by atoms with E-state index in [2.05, 4.69) is 15.2 Å². The Balaban J connectivity index is 1.82. The maximum atomic E-state index is 12.2. The van der Waals surface area contributed by atoms with Crippen molar-refractivity contribution in [1.82, 2.24) is 15.2 Å². The number of carbonyl (C=O) groups is 1. The topological polar surface area (TPSA) is 63.7 Å². The second-order valence-corrected chi connectivity index (χ2v) is 5.84. The van der Waals surface area contributed by atoms with Crippen LogP contribution in [-0.2, 0) is 4.74 Å². The molecule has 1 aliphatic heterocycles. The van der Waals surface area contributed by atoms with E-state index < -0.39 is 0 Å². The van der Waals surface area contributed by atoms with E-state index in [-0.39, 0.29) is 18.1 Å². The number of pyridine rings is 1. The Labute approximate surface area is 131 Å². The first-order valence-electron chi connectivity index (χ1n) is 7.78. The number of morpholine rings is 1. The number of amides is 1. The number of aromatic nitrogens is 1. The Kier molecular flexibility index (Phi) is 6.15. The van der Waals surface area contributed by atoms with Crippen molar-refractivity contribution >= 4 is 5.91 Å². The molecule has 2 heterocycles. The summed E-state index contributed by atoms with van der Waals surface area (Å²) in [6.45, 7) is 10.1. The van der Waals surface area contributed by atoms with Gasteiger partial charge in [-0.15, -0.1) is 0 Å². The molecule has 6 nitrogen and oxygen atoms in total. The summed E-state index contributed by atoms with van der Waals surface area (Å²) in [6.07, 6.45) is 1.62. The van der Waals surface area contributed by atoms with Gasteiger partial charge in [-0.2, -0.15) is 0 Å². The van der Waals surface area contributed by atoms with Gasteiger partial charge in [-0.25, -0.2) is 4.98 Å². The van der Waals surface area contributed by atoms with Crippen LogP contribution in [0.3, 0.4) is 0 Å². The van der Waals surface area contributed by atoms with Crippen molar-refractivity contribution in [3.05, 3.63) is 23.9 Å². The van der Waals surface area contributed by atoms with Crippen molar-refractivity contribution < 1.29 is 14.3 Å². The quantitative estimate of drug-likeness (QED) is 0.859. The van der Waals surface area contributed by atoms with Crippen LogP contribution < -0.4 is 10.1 Å². The predicted molar refractivity (Wildman–Crippen MR) is 84.2 cm³/mol. The van der Waals surface area contributed by atoms with Gasteiger partial charge in [0.05, 0.1) is 24.9 Å². The fraction of sp³-hybridized carbons (Fsp3) is 0.625. The zero-order chi connectivity index (χ0) is 15.9. The summed E-state index contributed by atoms with van der Waals surface area (Å²) >= 11 is 0. The minimum Gasteiger partial charge on any atom is -0.475 e. The van der Waals surface area contributed by atoms with Crippen molar-refractivity contribution in [2.75, 3.05) is 32.8 Å². The van der Waals surface area contributed by atoms with Gasteiger partial charge < -0.3 is 14.8 Å². The van der Waals surface area contributed by atoms with E-state index in [1.54, 1.807) is 18.3 Å². The van der Waals surface area contributed by atoms with Crippen LogP contribution in [0.4, 0.5) is 0 Å². The Bertz CT molecular complexity index is 470. The van der Waals surface area contributed by atoms with Crippen LogP contribution in [0.1, 0.15) is 31.1 Å². The minimum absolute atomic E-state index is 0.0701. The molecule has 1 aliphatic rings. The fourth-order valence-corrected chi connectivity index (χ4v) is 2.35.